The zero-order chi connectivity index (χ0) is 13.5. The zero-order valence-electron chi connectivity index (χ0n) is 12.8. The lowest BCUT2D eigenvalue weighted by Crippen LogP contribution is -2.03. The molecule has 0 bridgehead atoms. The second-order valence-corrected chi connectivity index (χ2v) is 5.97. The molecule has 0 N–H and O–H groups in total. The fourth-order valence-corrected chi connectivity index (χ4v) is 3.10. The van der Waals surface area contributed by atoms with E-state index in [-0.39, 0.29) is 0 Å². The molecular formula is C18H29N. The van der Waals surface area contributed by atoms with Crippen LogP contribution in [0, 0.1) is 0 Å². The summed E-state index contributed by atoms with van der Waals surface area (Å²) in [5.74, 6) is 0. The minimum atomic E-state index is 1.20. The van der Waals surface area contributed by atoms with Crippen molar-refractivity contribution in [1.82, 2.24) is 4.98 Å². The van der Waals surface area contributed by atoms with E-state index in [0.717, 1.165) is 0 Å². The number of unbranched alkanes of at least 4 members (excludes halogenated alkanes) is 4. The van der Waals surface area contributed by atoms with Crippen LogP contribution in [0.2, 0.25) is 0 Å². The van der Waals surface area contributed by atoms with Crippen LogP contribution in [-0.2, 0) is 25.7 Å². The monoisotopic (exact) mass is 259 g/mol. The Morgan fingerprint density at radius 3 is 2.42 bits per heavy atom. The third-order valence-electron chi connectivity index (χ3n) is 4.29. The lowest BCUT2D eigenvalue weighted by atomic mass is 9.99. The van der Waals surface area contributed by atoms with E-state index < -0.39 is 0 Å². The van der Waals surface area contributed by atoms with Gasteiger partial charge < -0.3 is 0 Å². The second-order valence-electron chi connectivity index (χ2n) is 5.97. The molecule has 2 rings (SSSR count). The summed E-state index contributed by atoms with van der Waals surface area (Å²) >= 11 is 0. The lowest BCUT2D eigenvalue weighted by molar-refractivity contribution is 0.680. The number of hydrogen-bond donors (Lipinski definition) is 0. The first kappa shape index (κ1) is 14.6. The number of rotatable bonds is 8. The minimum absolute atomic E-state index is 1.20. The van der Waals surface area contributed by atoms with Gasteiger partial charge in [-0.1, -0.05) is 45.6 Å². The van der Waals surface area contributed by atoms with Gasteiger partial charge in [0.15, 0.2) is 0 Å². The summed E-state index contributed by atoms with van der Waals surface area (Å²) in [6.45, 7) is 4.56. The summed E-state index contributed by atoms with van der Waals surface area (Å²) < 4.78 is 0. The Bertz CT molecular complexity index is 358. The maximum absolute atomic E-state index is 5.00. The average molecular weight is 259 g/mol. The van der Waals surface area contributed by atoms with Crippen molar-refractivity contribution in [2.24, 2.45) is 0 Å². The van der Waals surface area contributed by atoms with Crippen LogP contribution in [0.5, 0.6) is 0 Å². The molecule has 1 aliphatic rings. The molecule has 0 fully saturated rings. The molecule has 0 aromatic carbocycles. The van der Waals surface area contributed by atoms with Crippen molar-refractivity contribution in [1.29, 1.82) is 0 Å². The average Bonchev–Trinajstić information content (AvgIpc) is 2.86. The maximum atomic E-state index is 5.00. The SMILES string of the molecule is CCCCCc1cc2c(nc1CCCCC)CCC2. The van der Waals surface area contributed by atoms with E-state index in [1.54, 1.807) is 11.1 Å². The van der Waals surface area contributed by atoms with Gasteiger partial charge in [0.2, 0.25) is 0 Å². The van der Waals surface area contributed by atoms with Crippen molar-refractivity contribution in [3.05, 3.63) is 28.6 Å². The van der Waals surface area contributed by atoms with Gasteiger partial charge in [-0.2, -0.15) is 0 Å². The highest BCUT2D eigenvalue weighted by Gasteiger charge is 2.15. The van der Waals surface area contributed by atoms with Crippen molar-refractivity contribution in [3.63, 3.8) is 0 Å². The van der Waals surface area contributed by atoms with Gasteiger partial charge >= 0.3 is 0 Å². The fourth-order valence-electron chi connectivity index (χ4n) is 3.10. The highest BCUT2D eigenvalue weighted by Crippen LogP contribution is 2.25. The van der Waals surface area contributed by atoms with E-state index in [0.29, 0.717) is 0 Å². The topological polar surface area (TPSA) is 12.9 Å². The molecule has 0 radical (unpaired) electrons. The van der Waals surface area contributed by atoms with E-state index in [4.69, 9.17) is 4.98 Å². The molecule has 0 spiro atoms. The molecular weight excluding hydrogens is 230 g/mol. The second kappa shape index (κ2) is 7.67. The van der Waals surface area contributed by atoms with Crippen LogP contribution in [0.4, 0.5) is 0 Å². The number of hydrogen-bond acceptors (Lipinski definition) is 1. The summed E-state index contributed by atoms with van der Waals surface area (Å²) in [6.07, 6.45) is 14.2. The van der Waals surface area contributed by atoms with E-state index in [1.165, 1.54) is 82.0 Å². The molecule has 1 nitrogen and oxygen atoms in total. The van der Waals surface area contributed by atoms with Crippen LogP contribution >= 0.6 is 0 Å². The van der Waals surface area contributed by atoms with Crippen molar-refractivity contribution < 1.29 is 0 Å². The minimum Gasteiger partial charge on any atom is -0.257 e. The van der Waals surface area contributed by atoms with Crippen molar-refractivity contribution >= 4 is 0 Å². The molecule has 0 aliphatic heterocycles. The normalized spacial score (nSPS) is 13.8. The molecule has 1 heteroatoms. The Morgan fingerprint density at radius 1 is 0.947 bits per heavy atom. The number of aromatic nitrogens is 1. The van der Waals surface area contributed by atoms with E-state index in [9.17, 15) is 0 Å². The summed E-state index contributed by atoms with van der Waals surface area (Å²) in [6, 6.07) is 2.49. The van der Waals surface area contributed by atoms with E-state index in [2.05, 4.69) is 19.9 Å². The fraction of sp³-hybridized carbons (Fsp3) is 0.722. The van der Waals surface area contributed by atoms with Crippen LogP contribution in [0.1, 0.15) is 81.3 Å². The van der Waals surface area contributed by atoms with Crippen LogP contribution in [0.25, 0.3) is 0 Å². The number of aryl methyl sites for hydroxylation is 4. The van der Waals surface area contributed by atoms with Gasteiger partial charge in [0.05, 0.1) is 0 Å². The van der Waals surface area contributed by atoms with Gasteiger partial charge in [0.1, 0.15) is 0 Å². The summed E-state index contributed by atoms with van der Waals surface area (Å²) in [7, 11) is 0. The first-order chi connectivity index (χ1) is 9.35. The predicted octanol–water partition coefficient (Wildman–Crippen LogP) is 5.04. The van der Waals surface area contributed by atoms with Crippen molar-refractivity contribution in [2.45, 2.75) is 84.5 Å². The Kier molecular flexibility index (Phi) is 5.88. The molecule has 1 aromatic heterocycles. The first-order valence-corrected chi connectivity index (χ1v) is 8.35. The highest BCUT2D eigenvalue weighted by atomic mass is 14.7. The number of nitrogens with zero attached hydrogens (tertiary/aromatic N) is 1. The standard InChI is InChI=1S/C18H29N/c1-3-5-7-10-15-14-16-11-9-13-18(16)19-17(15)12-8-6-4-2/h14H,3-13H2,1-2H3. The molecule has 0 saturated carbocycles. The Morgan fingerprint density at radius 2 is 1.68 bits per heavy atom. The zero-order valence-corrected chi connectivity index (χ0v) is 12.8. The maximum Gasteiger partial charge on any atom is 0.0439 e. The largest absolute Gasteiger partial charge is 0.257 e. The Hall–Kier alpha value is -0.850. The molecule has 0 saturated heterocycles. The predicted molar refractivity (Wildman–Crippen MR) is 82.7 cm³/mol. The van der Waals surface area contributed by atoms with E-state index in [1.807, 2.05) is 0 Å². The molecule has 1 aliphatic carbocycles. The van der Waals surface area contributed by atoms with Gasteiger partial charge in [-0.15, -0.1) is 0 Å². The quantitative estimate of drug-likeness (QED) is 0.596. The van der Waals surface area contributed by atoms with Crippen LogP contribution in [0.3, 0.4) is 0 Å². The summed E-state index contributed by atoms with van der Waals surface area (Å²) in [5.41, 5.74) is 5.94. The van der Waals surface area contributed by atoms with Gasteiger partial charge in [0, 0.05) is 11.4 Å². The van der Waals surface area contributed by atoms with Crippen molar-refractivity contribution in [3.8, 4) is 0 Å². The van der Waals surface area contributed by atoms with Gasteiger partial charge in [0.25, 0.3) is 0 Å². The third-order valence-corrected chi connectivity index (χ3v) is 4.29. The van der Waals surface area contributed by atoms with Crippen LogP contribution in [0.15, 0.2) is 6.07 Å². The number of pyridine rings is 1. The van der Waals surface area contributed by atoms with Crippen molar-refractivity contribution in [2.75, 3.05) is 0 Å². The molecule has 0 atom stereocenters. The third kappa shape index (κ3) is 4.06. The van der Waals surface area contributed by atoms with E-state index >= 15 is 0 Å². The Labute approximate surface area is 118 Å². The molecule has 106 valence electrons. The van der Waals surface area contributed by atoms with Crippen LogP contribution < -0.4 is 0 Å². The summed E-state index contributed by atoms with van der Waals surface area (Å²) in [4.78, 5) is 5.00. The molecule has 1 aromatic rings. The molecule has 1 heterocycles. The Balaban J connectivity index is 2.07. The first-order valence-electron chi connectivity index (χ1n) is 8.35. The van der Waals surface area contributed by atoms with Gasteiger partial charge in [-0.25, -0.2) is 0 Å². The molecule has 19 heavy (non-hydrogen) atoms. The summed E-state index contributed by atoms with van der Waals surface area (Å²) in [5, 5.41) is 0. The number of fused-ring (bicyclic) bond motifs is 1. The highest BCUT2D eigenvalue weighted by molar-refractivity contribution is 5.33. The molecule has 0 unspecified atom stereocenters. The lowest BCUT2D eigenvalue weighted by Gasteiger charge is -2.12. The smallest absolute Gasteiger partial charge is 0.0439 e. The molecule has 0 amide bonds. The van der Waals surface area contributed by atoms with Crippen LogP contribution in [-0.4, -0.2) is 4.98 Å². The van der Waals surface area contributed by atoms with Gasteiger partial charge in [-0.3, -0.25) is 4.98 Å². The van der Waals surface area contributed by atoms with Gasteiger partial charge in [-0.05, 0) is 56.1 Å².